The molecule has 2 rings (SSSR count). The lowest BCUT2D eigenvalue weighted by molar-refractivity contribution is -0.128. The molecule has 1 nitrogen and oxygen atoms in total. The number of alkyl halides is 5. The second kappa shape index (κ2) is 3.57. The van der Waals surface area contributed by atoms with Crippen LogP contribution >= 0.6 is 23.2 Å². The first kappa shape index (κ1) is 11.6. The molecule has 0 atom stereocenters. The standard InChI is InChI=1S/C10H6Cl2F3N/c11-9(12,13)10(14,15)16-6-5-7-3-1-2-4-8(7)16/h1-6H. The molecule has 2 aromatic rings. The fraction of sp³-hybridized carbons (Fsp3) is 0.200. The van der Waals surface area contributed by atoms with E-state index >= 15 is 0 Å². The fourth-order valence-electron chi connectivity index (χ4n) is 1.46. The third-order valence-electron chi connectivity index (χ3n) is 2.24. The van der Waals surface area contributed by atoms with Crippen molar-refractivity contribution in [3.63, 3.8) is 0 Å². The van der Waals surface area contributed by atoms with E-state index in [1.807, 2.05) is 0 Å². The number of aromatic nitrogens is 1. The van der Waals surface area contributed by atoms with Crippen molar-refractivity contribution in [2.24, 2.45) is 0 Å². The lowest BCUT2D eigenvalue weighted by Crippen LogP contribution is -2.37. The predicted molar refractivity (Wildman–Crippen MR) is 57.7 cm³/mol. The highest BCUT2D eigenvalue weighted by Gasteiger charge is 2.54. The van der Waals surface area contributed by atoms with Crippen LogP contribution in [0.3, 0.4) is 0 Å². The molecule has 1 aromatic heterocycles. The zero-order valence-corrected chi connectivity index (χ0v) is 9.31. The van der Waals surface area contributed by atoms with Crippen molar-refractivity contribution in [1.82, 2.24) is 4.57 Å². The van der Waals surface area contributed by atoms with Crippen LogP contribution in [0.4, 0.5) is 13.2 Å². The average molecular weight is 268 g/mol. The summed E-state index contributed by atoms with van der Waals surface area (Å²) in [6, 6.07) is 3.72. The van der Waals surface area contributed by atoms with E-state index < -0.39 is 10.6 Å². The van der Waals surface area contributed by atoms with E-state index in [9.17, 15) is 13.2 Å². The van der Waals surface area contributed by atoms with Crippen LogP contribution in [0, 0.1) is 0 Å². The Morgan fingerprint density at radius 2 is 1.62 bits per heavy atom. The van der Waals surface area contributed by atoms with Gasteiger partial charge in [-0.15, -0.1) is 0 Å². The van der Waals surface area contributed by atoms with Gasteiger partial charge in [-0.2, -0.15) is 13.2 Å². The summed E-state index contributed by atoms with van der Waals surface area (Å²) in [5, 5.41) is 0.555. The molecule has 0 fully saturated rings. The number of benzene rings is 1. The monoisotopic (exact) mass is 267 g/mol. The van der Waals surface area contributed by atoms with Crippen LogP contribution in [0.2, 0.25) is 0 Å². The molecule has 0 amide bonds. The molecule has 0 radical (unpaired) electrons. The van der Waals surface area contributed by atoms with E-state index in [0.717, 1.165) is 6.20 Å². The minimum Gasteiger partial charge on any atom is -0.284 e. The molecule has 0 saturated heterocycles. The molecule has 0 N–H and O–H groups in total. The molecule has 16 heavy (non-hydrogen) atoms. The van der Waals surface area contributed by atoms with Crippen molar-refractivity contribution in [2.45, 2.75) is 10.6 Å². The molecule has 0 bridgehead atoms. The summed E-state index contributed by atoms with van der Waals surface area (Å²) in [4.78, 5) is 0. The molecular formula is C10H6Cl2F3N. The maximum Gasteiger partial charge on any atom is 0.391 e. The second-order valence-electron chi connectivity index (χ2n) is 3.28. The van der Waals surface area contributed by atoms with E-state index in [1.165, 1.54) is 12.1 Å². The van der Waals surface area contributed by atoms with Crippen LogP contribution in [-0.2, 0) is 6.05 Å². The first-order valence-electron chi connectivity index (χ1n) is 4.35. The van der Waals surface area contributed by atoms with Gasteiger partial charge in [0.15, 0.2) is 0 Å². The van der Waals surface area contributed by atoms with E-state index in [2.05, 4.69) is 0 Å². The maximum atomic E-state index is 13.6. The minimum absolute atomic E-state index is 0.163. The third-order valence-corrected chi connectivity index (χ3v) is 2.70. The van der Waals surface area contributed by atoms with E-state index in [-0.39, 0.29) is 5.52 Å². The number of para-hydroxylation sites is 1. The van der Waals surface area contributed by atoms with Crippen LogP contribution in [0.5, 0.6) is 0 Å². The molecule has 0 aliphatic carbocycles. The summed E-state index contributed by atoms with van der Waals surface area (Å²) < 4.78 is 36.9. The number of halogens is 5. The van der Waals surface area contributed by atoms with Gasteiger partial charge < -0.3 is 0 Å². The molecule has 0 spiro atoms. The van der Waals surface area contributed by atoms with Crippen molar-refractivity contribution in [3.05, 3.63) is 36.5 Å². The quantitative estimate of drug-likeness (QED) is 0.716. The van der Waals surface area contributed by atoms with Gasteiger partial charge in [0.05, 0.1) is 5.52 Å². The smallest absolute Gasteiger partial charge is 0.284 e. The van der Waals surface area contributed by atoms with Gasteiger partial charge in [0.1, 0.15) is 0 Å². The van der Waals surface area contributed by atoms with Crippen LogP contribution in [0.25, 0.3) is 10.9 Å². The first-order valence-corrected chi connectivity index (χ1v) is 5.11. The summed E-state index contributed by atoms with van der Waals surface area (Å²) in [5.41, 5.74) is 0.163. The van der Waals surface area contributed by atoms with Gasteiger partial charge in [-0.25, -0.2) is 0 Å². The normalized spacial score (nSPS) is 13.3. The summed E-state index contributed by atoms with van der Waals surface area (Å²) in [7, 11) is 0. The number of rotatable bonds is 2. The number of hydrogen-bond donors (Lipinski definition) is 0. The molecular weight excluding hydrogens is 262 g/mol. The van der Waals surface area contributed by atoms with Gasteiger partial charge in [-0.1, -0.05) is 41.4 Å². The first-order chi connectivity index (χ1) is 7.34. The Bertz CT molecular complexity index is 516. The highest BCUT2D eigenvalue weighted by atomic mass is 35.5. The Labute approximate surface area is 99.4 Å². The van der Waals surface area contributed by atoms with Gasteiger partial charge in [0.2, 0.25) is 0 Å². The summed E-state index contributed by atoms with van der Waals surface area (Å²) in [5.74, 6) is 0. The Balaban J connectivity index is 2.64. The van der Waals surface area contributed by atoms with Crippen molar-refractivity contribution in [1.29, 1.82) is 0 Å². The highest BCUT2D eigenvalue weighted by Crippen LogP contribution is 2.45. The lowest BCUT2D eigenvalue weighted by atomic mass is 10.2. The van der Waals surface area contributed by atoms with E-state index in [4.69, 9.17) is 23.2 Å². The molecule has 1 aromatic carbocycles. The average Bonchev–Trinajstić information content (AvgIpc) is 2.59. The maximum absolute atomic E-state index is 13.6. The lowest BCUT2D eigenvalue weighted by Gasteiger charge is -2.24. The molecule has 0 saturated carbocycles. The fourth-order valence-corrected chi connectivity index (χ4v) is 1.65. The van der Waals surface area contributed by atoms with E-state index in [1.54, 1.807) is 18.2 Å². The van der Waals surface area contributed by atoms with Gasteiger partial charge in [-0.3, -0.25) is 4.57 Å². The Morgan fingerprint density at radius 1 is 1.00 bits per heavy atom. The SMILES string of the molecule is FC(Cl)(Cl)C(F)(F)n1ccc2ccccc21. The van der Waals surface area contributed by atoms with E-state index in [0.29, 0.717) is 9.95 Å². The Morgan fingerprint density at radius 3 is 2.25 bits per heavy atom. The largest absolute Gasteiger partial charge is 0.391 e. The Kier molecular flexibility index (Phi) is 2.59. The van der Waals surface area contributed by atoms with Crippen molar-refractivity contribution in [3.8, 4) is 0 Å². The van der Waals surface area contributed by atoms with Gasteiger partial charge >= 0.3 is 10.6 Å². The molecule has 0 aliphatic rings. The molecule has 86 valence electrons. The Hall–Kier alpha value is -0.870. The number of fused-ring (bicyclic) bond motifs is 1. The third kappa shape index (κ3) is 1.66. The topological polar surface area (TPSA) is 4.93 Å². The molecule has 6 heteroatoms. The number of hydrogen-bond acceptors (Lipinski definition) is 0. The molecule has 1 heterocycles. The minimum atomic E-state index is -4.03. The predicted octanol–water partition coefficient (Wildman–Crippen LogP) is 4.29. The van der Waals surface area contributed by atoms with Crippen molar-refractivity contribution >= 4 is 34.1 Å². The van der Waals surface area contributed by atoms with Crippen molar-refractivity contribution in [2.75, 3.05) is 0 Å². The van der Waals surface area contributed by atoms with Gasteiger partial charge in [0.25, 0.3) is 0 Å². The van der Waals surface area contributed by atoms with Crippen LogP contribution in [0.1, 0.15) is 0 Å². The van der Waals surface area contributed by atoms with Gasteiger partial charge in [0, 0.05) is 6.20 Å². The zero-order valence-electron chi connectivity index (χ0n) is 7.80. The summed E-state index contributed by atoms with van der Waals surface area (Å²) >= 11 is 9.69. The molecule has 0 unspecified atom stereocenters. The van der Waals surface area contributed by atoms with Crippen molar-refractivity contribution < 1.29 is 13.2 Å². The highest BCUT2D eigenvalue weighted by molar-refractivity contribution is 6.47. The second-order valence-corrected chi connectivity index (χ2v) is 4.52. The van der Waals surface area contributed by atoms with Crippen LogP contribution in [-0.4, -0.2) is 9.15 Å². The molecule has 0 aliphatic heterocycles. The van der Waals surface area contributed by atoms with Gasteiger partial charge in [-0.05, 0) is 17.5 Å². The number of nitrogens with zero attached hydrogens (tertiary/aromatic N) is 1. The summed E-state index contributed by atoms with van der Waals surface area (Å²) in [6.45, 7) is 0. The van der Waals surface area contributed by atoms with Crippen LogP contribution in [0.15, 0.2) is 36.5 Å². The van der Waals surface area contributed by atoms with Crippen LogP contribution < -0.4 is 0 Å². The zero-order chi connectivity index (χ0) is 12.0. The summed E-state index contributed by atoms with van der Waals surface area (Å²) in [6.07, 6.45) is 1.05.